The molecule has 4 unspecified atom stereocenters. The second kappa shape index (κ2) is 5.35. The molecule has 1 aliphatic heterocycles. The van der Waals surface area contributed by atoms with E-state index >= 15 is 0 Å². The Morgan fingerprint density at radius 3 is 2.33 bits per heavy atom. The third-order valence-electron chi connectivity index (χ3n) is 2.09. The fraction of sp³-hybridized carbons (Fsp3) is 0.857. The molecule has 1 aliphatic rings. The fourth-order valence-electron chi connectivity index (χ4n) is 1.24. The lowest BCUT2D eigenvalue weighted by molar-refractivity contribution is -0.119. The quantitative estimate of drug-likeness (QED) is 0.278. The topological polar surface area (TPSA) is 149 Å². The standard InChI is InChI=1S/C7H17N5O3/c8-3(1-5(10)14)6-11-12-7(15-6)4(9)2-13/h3-4,6-7,11-13H,1-2,8-9H2,(H2,10,14). The Morgan fingerprint density at radius 2 is 1.87 bits per heavy atom. The van der Waals surface area contributed by atoms with Crippen LogP contribution in [0, 0.1) is 0 Å². The summed E-state index contributed by atoms with van der Waals surface area (Å²) in [6, 6.07) is -1.10. The average Bonchev–Trinajstić information content (AvgIpc) is 2.64. The van der Waals surface area contributed by atoms with Crippen molar-refractivity contribution in [1.29, 1.82) is 0 Å². The molecule has 0 aromatic heterocycles. The molecule has 0 aromatic rings. The largest absolute Gasteiger partial charge is 0.395 e. The van der Waals surface area contributed by atoms with E-state index in [4.69, 9.17) is 27.0 Å². The second-order valence-corrected chi connectivity index (χ2v) is 3.45. The smallest absolute Gasteiger partial charge is 0.219 e. The van der Waals surface area contributed by atoms with Crippen molar-refractivity contribution in [2.75, 3.05) is 6.61 Å². The Labute approximate surface area is 87.1 Å². The second-order valence-electron chi connectivity index (χ2n) is 3.45. The maximum Gasteiger partial charge on any atom is 0.219 e. The van der Waals surface area contributed by atoms with Gasteiger partial charge in [-0.2, -0.15) is 0 Å². The molecule has 0 spiro atoms. The van der Waals surface area contributed by atoms with Crippen molar-refractivity contribution < 1.29 is 14.6 Å². The van der Waals surface area contributed by atoms with E-state index in [1.54, 1.807) is 0 Å². The van der Waals surface area contributed by atoms with Gasteiger partial charge < -0.3 is 27.0 Å². The average molecular weight is 219 g/mol. The monoisotopic (exact) mass is 219 g/mol. The highest BCUT2D eigenvalue weighted by Gasteiger charge is 2.32. The highest BCUT2D eigenvalue weighted by atomic mass is 16.6. The number of hydrogen-bond donors (Lipinski definition) is 6. The minimum absolute atomic E-state index is 0.0143. The zero-order valence-corrected chi connectivity index (χ0v) is 8.22. The highest BCUT2D eigenvalue weighted by Crippen LogP contribution is 2.07. The Bertz CT molecular complexity index is 227. The van der Waals surface area contributed by atoms with Crippen LogP contribution >= 0.6 is 0 Å². The van der Waals surface area contributed by atoms with Gasteiger partial charge in [-0.1, -0.05) is 0 Å². The van der Waals surface area contributed by atoms with Gasteiger partial charge in [0.1, 0.15) is 12.5 Å². The van der Waals surface area contributed by atoms with Crippen molar-refractivity contribution in [3.8, 4) is 0 Å². The minimum Gasteiger partial charge on any atom is -0.395 e. The summed E-state index contributed by atoms with van der Waals surface area (Å²) in [6.45, 7) is -0.211. The van der Waals surface area contributed by atoms with E-state index in [1.165, 1.54) is 0 Å². The van der Waals surface area contributed by atoms with Gasteiger partial charge in [0, 0.05) is 6.42 Å². The van der Waals surface area contributed by atoms with Gasteiger partial charge in [-0.05, 0) is 0 Å². The van der Waals surface area contributed by atoms with Crippen molar-refractivity contribution >= 4 is 5.91 Å². The number of carbonyl (C=O) groups excluding carboxylic acids is 1. The molecule has 9 N–H and O–H groups in total. The van der Waals surface area contributed by atoms with Crippen molar-refractivity contribution in [3.05, 3.63) is 0 Å². The fourth-order valence-corrected chi connectivity index (χ4v) is 1.24. The molecule has 15 heavy (non-hydrogen) atoms. The van der Waals surface area contributed by atoms with Crippen LogP contribution in [0.4, 0.5) is 0 Å². The van der Waals surface area contributed by atoms with E-state index in [2.05, 4.69) is 10.9 Å². The number of amides is 1. The summed E-state index contributed by atoms with van der Waals surface area (Å²) in [5, 5.41) is 8.79. The lowest BCUT2D eigenvalue weighted by Crippen LogP contribution is -2.47. The van der Waals surface area contributed by atoms with Crippen LogP contribution in [-0.4, -0.2) is 42.2 Å². The SMILES string of the molecule is NC(=O)CC(N)C1NNC(C(N)CO)O1. The Kier molecular flexibility index (Phi) is 4.39. The number of hydrogen-bond acceptors (Lipinski definition) is 7. The number of nitrogens with two attached hydrogens (primary N) is 3. The van der Waals surface area contributed by atoms with Crippen molar-refractivity contribution in [2.45, 2.75) is 31.0 Å². The van der Waals surface area contributed by atoms with Crippen LogP contribution in [0.1, 0.15) is 6.42 Å². The first-order chi connectivity index (χ1) is 7.04. The summed E-state index contributed by atoms with van der Waals surface area (Å²) in [7, 11) is 0. The van der Waals surface area contributed by atoms with Gasteiger partial charge in [0.05, 0.1) is 18.7 Å². The number of rotatable bonds is 5. The van der Waals surface area contributed by atoms with E-state index < -0.39 is 30.4 Å². The number of aliphatic hydroxyl groups is 1. The van der Waals surface area contributed by atoms with Gasteiger partial charge in [-0.25, -0.2) is 10.9 Å². The Morgan fingerprint density at radius 1 is 1.33 bits per heavy atom. The van der Waals surface area contributed by atoms with Crippen LogP contribution in [0.3, 0.4) is 0 Å². The van der Waals surface area contributed by atoms with Crippen molar-refractivity contribution in [3.63, 3.8) is 0 Å². The number of carbonyl (C=O) groups is 1. The first-order valence-corrected chi connectivity index (χ1v) is 4.61. The molecule has 1 amide bonds. The lowest BCUT2D eigenvalue weighted by atomic mass is 10.2. The summed E-state index contributed by atoms with van der Waals surface area (Å²) in [6.07, 6.45) is -1.06. The highest BCUT2D eigenvalue weighted by molar-refractivity contribution is 5.74. The van der Waals surface area contributed by atoms with Crippen molar-refractivity contribution in [2.24, 2.45) is 17.2 Å². The van der Waals surface area contributed by atoms with E-state index in [-0.39, 0.29) is 13.0 Å². The first kappa shape index (κ1) is 12.3. The number of aliphatic hydroxyl groups excluding tert-OH is 1. The Balaban J connectivity index is 2.38. The van der Waals surface area contributed by atoms with Gasteiger partial charge in [-0.3, -0.25) is 4.79 Å². The molecule has 1 saturated heterocycles. The molecule has 1 fully saturated rings. The maximum absolute atomic E-state index is 10.6. The zero-order valence-electron chi connectivity index (χ0n) is 8.22. The van der Waals surface area contributed by atoms with E-state index in [0.717, 1.165) is 0 Å². The molecule has 1 rings (SSSR count). The predicted molar refractivity (Wildman–Crippen MR) is 51.8 cm³/mol. The van der Waals surface area contributed by atoms with E-state index in [9.17, 15) is 4.79 Å². The van der Waals surface area contributed by atoms with Gasteiger partial charge in [-0.15, -0.1) is 0 Å². The minimum atomic E-state index is -0.553. The summed E-state index contributed by atoms with van der Waals surface area (Å²) in [5.41, 5.74) is 21.6. The summed E-state index contributed by atoms with van der Waals surface area (Å²) in [4.78, 5) is 10.6. The normalized spacial score (nSPS) is 30.1. The van der Waals surface area contributed by atoms with Gasteiger partial charge in [0.15, 0.2) is 0 Å². The molecule has 0 aliphatic carbocycles. The van der Waals surface area contributed by atoms with Crippen LogP contribution in [0.15, 0.2) is 0 Å². The Hall–Kier alpha value is -0.770. The maximum atomic E-state index is 10.6. The zero-order chi connectivity index (χ0) is 11.4. The van der Waals surface area contributed by atoms with Gasteiger partial charge >= 0.3 is 0 Å². The van der Waals surface area contributed by atoms with Crippen LogP contribution in [0.5, 0.6) is 0 Å². The van der Waals surface area contributed by atoms with Crippen LogP contribution in [-0.2, 0) is 9.53 Å². The van der Waals surface area contributed by atoms with Gasteiger partial charge in [0.25, 0.3) is 0 Å². The summed E-state index contributed by atoms with van der Waals surface area (Å²) < 4.78 is 5.34. The third-order valence-corrected chi connectivity index (χ3v) is 2.09. The lowest BCUT2D eigenvalue weighted by Gasteiger charge is -2.19. The number of hydrazine groups is 1. The third kappa shape index (κ3) is 3.38. The molecule has 8 nitrogen and oxygen atoms in total. The van der Waals surface area contributed by atoms with E-state index in [1.807, 2.05) is 0 Å². The molecule has 0 bridgehead atoms. The predicted octanol–water partition coefficient (Wildman–Crippen LogP) is -3.71. The van der Waals surface area contributed by atoms with Crippen LogP contribution in [0.2, 0.25) is 0 Å². The molecule has 0 radical (unpaired) electrons. The molecule has 8 heteroatoms. The van der Waals surface area contributed by atoms with Crippen LogP contribution in [0.25, 0.3) is 0 Å². The van der Waals surface area contributed by atoms with Crippen molar-refractivity contribution in [1.82, 2.24) is 10.9 Å². The number of nitrogens with one attached hydrogen (secondary N) is 2. The molecule has 88 valence electrons. The molecular weight excluding hydrogens is 202 g/mol. The van der Waals surface area contributed by atoms with E-state index in [0.29, 0.717) is 0 Å². The molecule has 1 heterocycles. The van der Waals surface area contributed by atoms with Crippen LogP contribution < -0.4 is 28.1 Å². The molecule has 4 atom stereocenters. The van der Waals surface area contributed by atoms with Gasteiger partial charge in [0.2, 0.25) is 5.91 Å². The number of primary amides is 1. The first-order valence-electron chi connectivity index (χ1n) is 4.61. The molecular formula is C7H17N5O3. The molecule has 0 saturated carbocycles. The molecule has 0 aromatic carbocycles. The number of ether oxygens (including phenoxy) is 1. The summed E-state index contributed by atoms with van der Waals surface area (Å²) >= 11 is 0. The summed E-state index contributed by atoms with van der Waals surface area (Å²) in [5.74, 6) is -0.497.